The quantitative estimate of drug-likeness (QED) is 0.843. The van der Waals surface area contributed by atoms with Crippen molar-refractivity contribution in [3.63, 3.8) is 0 Å². The fourth-order valence-corrected chi connectivity index (χ4v) is 2.54. The Hall–Kier alpha value is -2.56. The molecule has 1 heterocycles. The standard InChI is InChI=1S/C16H15NO4/c18-15(7-10-3-1-2-4-10)17-12-5-6-13-11(8-12)9-14(21-13)16(19)20/h1,3,5-6,8-10H,2,4,7H2,(H,17,18)(H,19,20)/t10-/m0/s1. The lowest BCUT2D eigenvalue weighted by Gasteiger charge is -2.08. The number of amides is 1. The van der Waals surface area contributed by atoms with Gasteiger partial charge in [-0.05, 0) is 43.0 Å². The van der Waals surface area contributed by atoms with Gasteiger partial charge in [0.2, 0.25) is 11.7 Å². The maximum atomic E-state index is 12.0. The molecule has 1 aliphatic rings. The molecule has 0 bridgehead atoms. The average molecular weight is 285 g/mol. The number of hydrogen-bond donors (Lipinski definition) is 2. The number of furan rings is 1. The van der Waals surface area contributed by atoms with E-state index in [0.29, 0.717) is 29.0 Å². The number of carboxylic acid groups (broad SMARTS) is 1. The van der Waals surface area contributed by atoms with Crippen molar-refractivity contribution >= 4 is 28.5 Å². The molecule has 1 amide bonds. The lowest BCUT2D eigenvalue weighted by molar-refractivity contribution is -0.116. The molecule has 5 heteroatoms. The predicted molar refractivity (Wildman–Crippen MR) is 78.3 cm³/mol. The molecule has 0 saturated heterocycles. The summed E-state index contributed by atoms with van der Waals surface area (Å²) in [5, 5.41) is 12.4. The van der Waals surface area contributed by atoms with E-state index in [1.807, 2.05) is 0 Å². The van der Waals surface area contributed by atoms with Crippen molar-refractivity contribution in [1.82, 2.24) is 0 Å². The van der Waals surface area contributed by atoms with Crippen LogP contribution in [-0.4, -0.2) is 17.0 Å². The van der Waals surface area contributed by atoms with Gasteiger partial charge in [0.15, 0.2) is 0 Å². The third kappa shape index (κ3) is 2.97. The van der Waals surface area contributed by atoms with Gasteiger partial charge < -0.3 is 14.8 Å². The highest BCUT2D eigenvalue weighted by Gasteiger charge is 2.15. The summed E-state index contributed by atoms with van der Waals surface area (Å²) in [6.07, 6.45) is 6.72. The third-order valence-electron chi connectivity index (χ3n) is 3.57. The van der Waals surface area contributed by atoms with Crippen LogP contribution in [-0.2, 0) is 4.79 Å². The summed E-state index contributed by atoms with van der Waals surface area (Å²) in [5.41, 5.74) is 1.14. The molecule has 3 rings (SSSR count). The van der Waals surface area contributed by atoms with Gasteiger partial charge in [-0.1, -0.05) is 12.2 Å². The number of carboxylic acids is 1. The van der Waals surface area contributed by atoms with Crippen molar-refractivity contribution in [2.45, 2.75) is 19.3 Å². The van der Waals surface area contributed by atoms with Crippen LogP contribution in [0.2, 0.25) is 0 Å². The molecule has 0 fully saturated rings. The van der Waals surface area contributed by atoms with Gasteiger partial charge in [0, 0.05) is 17.5 Å². The fraction of sp³-hybridized carbons (Fsp3) is 0.250. The van der Waals surface area contributed by atoms with E-state index >= 15 is 0 Å². The summed E-state index contributed by atoms with van der Waals surface area (Å²) in [6, 6.07) is 6.54. The molecule has 1 aliphatic carbocycles. The van der Waals surface area contributed by atoms with Gasteiger partial charge in [0.05, 0.1) is 0 Å². The van der Waals surface area contributed by atoms with Crippen LogP contribution in [0.1, 0.15) is 29.8 Å². The van der Waals surface area contributed by atoms with Crippen LogP contribution in [0.25, 0.3) is 11.0 Å². The van der Waals surface area contributed by atoms with E-state index in [1.165, 1.54) is 6.07 Å². The van der Waals surface area contributed by atoms with Gasteiger partial charge in [-0.25, -0.2) is 4.79 Å². The average Bonchev–Trinajstić information content (AvgIpc) is 3.06. The number of carbonyl (C=O) groups excluding carboxylic acids is 1. The van der Waals surface area contributed by atoms with Gasteiger partial charge in [0.1, 0.15) is 5.58 Å². The summed E-state index contributed by atoms with van der Waals surface area (Å²) >= 11 is 0. The molecule has 0 spiro atoms. The summed E-state index contributed by atoms with van der Waals surface area (Å²) in [5.74, 6) is -0.927. The molecule has 1 atom stereocenters. The second-order valence-corrected chi connectivity index (χ2v) is 5.19. The van der Waals surface area contributed by atoms with Crippen molar-refractivity contribution in [2.24, 2.45) is 5.92 Å². The summed E-state index contributed by atoms with van der Waals surface area (Å²) in [7, 11) is 0. The molecule has 1 aromatic carbocycles. The molecule has 108 valence electrons. The van der Waals surface area contributed by atoms with E-state index < -0.39 is 5.97 Å². The smallest absolute Gasteiger partial charge is 0.371 e. The normalized spacial score (nSPS) is 17.2. The molecular formula is C16H15NO4. The van der Waals surface area contributed by atoms with Crippen LogP contribution in [0.4, 0.5) is 5.69 Å². The van der Waals surface area contributed by atoms with E-state index in [4.69, 9.17) is 9.52 Å². The van der Waals surface area contributed by atoms with E-state index in [0.717, 1.165) is 12.8 Å². The van der Waals surface area contributed by atoms with E-state index in [2.05, 4.69) is 17.5 Å². The molecular weight excluding hydrogens is 270 g/mol. The summed E-state index contributed by atoms with van der Waals surface area (Å²) in [6.45, 7) is 0. The molecule has 2 aromatic rings. The van der Waals surface area contributed by atoms with Crippen LogP contribution in [0, 0.1) is 5.92 Å². The second-order valence-electron chi connectivity index (χ2n) is 5.19. The minimum Gasteiger partial charge on any atom is -0.475 e. The van der Waals surface area contributed by atoms with E-state index in [-0.39, 0.29) is 11.7 Å². The molecule has 5 nitrogen and oxygen atoms in total. The first-order chi connectivity index (χ1) is 10.1. The Morgan fingerprint density at radius 1 is 1.33 bits per heavy atom. The fourth-order valence-electron chi connectivity index (χ4n) is 2.54. The topological polar surface area (TPSA) is 79.5 Å². The lowest BCUT2D eigenvalue weighted by atomic mass is 10.0. The maximum absolute atomic E-state index is 12.0. The zero-order valence-electron chi connectivity index (χ0n) is 11.3. The van der Waals surface area contributed by atoms with Crippen LogP contribution in [0.3, 0.4) is 0 Å². The Balaban J connectivity index is 1.73. The summed E-state index contributed by atoms with van der Waals surface area (Å²) in [4.78, 5) is 22.8. The van der Waals surface area contributed by atoms with Gasteiger partial charge in [-0.15, -0.1) is 0 Å². The number of rotatable bonds is 4. The minimum atomic E-state index is -1.11. The first kappa shape index (κ1) is 13.4. The predicted octanol–water partition coefficient (Wildman–Crippen LogP) is 3.43. The van der Waals surface area contributed by atoms with Crippen molar-refractivity contribution in [3.05, 3.63) is 42.2 Å². The van der Waals surface area contributed by atoms with Crippen molar-refractivity contribution in [1.29, 1.82) is 0 Å². The zero-order valence-corrected chi connectivity index (χ0v) is 11.3. The van der Waals surface area contributed by atoms with E-state index in [9.17, 15) is 9.59 Å². The number of carbonyl (C=O) groups is 2. The van der Waals surface area contributed by atoms with Crippen molar-refractivity contribution < 1.29 is 19.1 Å². The first-order valence-electron chi connectivity index (χ1n) is 6.85. The van der Waals surface area contributed by atoms with Crippen molar-refractivity contribution in [2.75, 3.05) is 5.32 Å². The number of nitrogens with one attached hydrogen (secondary N) is 1. The maximum Gasteiger partial charge on any atom is 0.371 e. The number of aromatic carboxylic acids is 1. The molecule has 0 radical (unpaired) electrons. The number of anilines is 1. The van der Waals surface area contributed by atoms with Gasteiger partial charge in [0.25, 0.3) is 0 Å². The highest BCUT2D eigenvalue weighted by atomic mass is 16.4. The highest BCUT2D eigenvalue weighted by Crippen LogP contribution is 2.24. The molecule has 2 N–H and O–H groups in total. The Labute approximate surface area is 121 Å². The Kier molecular flexibility index (Phi) is 3.48. The van der Waals surface area contributed by atoms with Gasteiger partial charge >= 0.3 is 5.97 Å². The minimum absolute atomic E-state index is 0.0344. The third-order valence-corrected chi connectivity index (χ3v) is 3.57. The van der Waals surface area contributed by atoms with Gasteiger partial charge in [-0.3, -0.25) is 4.79 Å². The molecule has 0 aliphatic heterocycles. The van der Waals surface area contributed by atoms with E-state index in [1.54, 1.807) is 18.2 Å². The molecule has 21 heavy (non-hydrogen) atoms. The molecule has 0 saturated carbocycles. The number of benzene rings is 1. The van der Waals surface area contributed by atoms with Crippen LogP contribution < -0.4 is 5.32 Å². The van der Waals surface area contributed by atoms with Crippen LogP contribution in [0.5, 0.6) is 0 Å². The summed E-state index contributed by atoms with van der Waals surface area (Å²) < 4.78 is 5.18. The van der Waals surface area contributed by atoms with Crippen LogP contribution >= 0.6 is 0 Å². The Morgan fingerprint density at radius 3 is 2.90 bits per heavy atom. The molecule has 0 unspecified atom stereocenters. The lowest BCUT2D eigenvalue weighted by Crippen LogP contribution is -2.14. The number of allylic oxidation sites excluding steroid dienone is 2. The largest absolute Gasteiger partial charge is 0.475 e. The molecule has 1 aromatic heterocycles. The van der Waals surface area contributed by atoms with Crippen molar-refractivity contribution in [3.8, 4) is 0 Å². The van der Waals surface area contributed by atoms with Crippen LogP contribution in [0.15, 0.2) is 40.8 Å². The monoisotopic (exact) mass is 285 g/mol. The number of fused-ring (bicyclic) bond motifs is 1. The Bertz CT molecular complexity index is 729. The number of hydrogen-bond acceptors (Lipinski definition) is 3. The SMILES string of the molecule is O=C(C[C@H]1C=CCC1)Nc1ccc2oc(C(=O)O)cc2c1. The Morgan fingerprint density at radius 2 is 2.19 bits per heavy atom. The van der Waals surface area contributed by atoms with Gasteiger partial charge in [-0.2, -0.15) is 0 Å². The zero-order chi connectivity index (χ0) is 14.8. The first-order valence-corrected chi connectivity index (χ1v) is 6.85. The second kappa shape index (κ2) is 5.44. The highest BCUT2D eigenvalue weighted by molar-refractivity contribution is 5.96.